The number of ether oxygens (including phenoxy) is 10. The van der Waals surface area contributed by atoms with Crippen LogP contribution in [0.15, 0.2) is 47.4 Å². The minimum atomic E-state index is -0.499. The lowest BCUT2D eigenvalue weighted by molar-refractivity contribution is -0.141. The monoisotopic (exact) mass is 1040 g/mol. The molecule has 0 aliphatic carbocycles. The van der Waals surface area contributed by atoms with Crippen LogP contribution in [0, 0.1) is 0 Å². The molecule has 0 spiro atoms. The van der Waals surface area contributed by atoms with E-state index in [1.54, 1.807) is 30.7 Å². The summed E-state index contributed by atoms with van der Waals surface area (Å²) in [7, 11) is 0. The molecular weight excluding hydrogens is 967 g/mol. The average molecular weight is 1040 g/mol. The van der Waals surface area contributed by atoms with Crippen LogP contribution in [-0.4, -0.2) is 218 Å². The second-order valence-electron chi connectivity index (χ2n) is 16.4. The third kappa shape index (κ3) is 25.5. The Morgan fingerprint density at radius 2 is 1.07 bits per heavy atom. The third-order valence-corrected chi connectivity index (χ3v) is 10.4. The van der Waals surface area contributed by atoms with Crippen LogP contribution in [0.1, 0.15) is 50.8 Å². The first-order chi connectivity index (χ1) is 36.2. The maximum Gasteiger partial charge on any atom is 0.254 e. The fraction of sp³-hybridized carbons (Fsp3) is 0.620. The first kappa shape index (κ1) is 60.9. The van der Waals surface area contributed by atoms with Crippen molar-refractivity contribution in [1.82, 2.24) is 35.4 Å². The smallest absolute Gasteiger partial charge is 0.254 e. The van der Waals surface area contributed by atoms with Gasteiger partial charge in [0, 0.05) is 86.5 Å². The van der Waals surface area contributed by atoms with Crippen LogP contribution < -0.4 is 16.4 Å². The summed E-state index contributed by atoms with van der Waals surface area (Å²) >= 11 is 0. The number of rotatable bonds is 43. The largest absolute Gasteiger partial charge is 0.387 e. The maximum absolute atomic E-state index is 13.3. The molecule has 4 heterocycles. The SMILES string of the molecule is CCCN(CCC)C(=O)C1=Cc2ncc(-c3ncc(CNC(=O)CCOCCOCCOCCOCCOCCOCCOCCOCCOCCOCCNC(=O)CN4C(=O)C=CC4=O)cn3)cc2N=C(N)C1. The zero-order valence-electron chi connectivity index (χ0n) is 42.9. The lowest BCUT2D eigenvalue weighted by Crippen LogP contribution is -2.41. The van der Waals surface area contributed by atoms with Gasteiger partial charge in [0.25, 0.3) is 11.8 Å². The van der Waals surface area contributed by atoms with Crippen molar-refractivity contribution in [3.63, 3.8) is 0 Å². The molecule has 0 atom stereocenters. The van der Waals surface area contributed by atoms with Gasteiger partial charge in [0.15, 0.2) is 5.82 Å². The molecule has 0 bridgehead atoms. The summed E-state index contributed by atoms with van der Waals surface area (Å²) in [5.74, 6) is -0.872. The van der Waals surface area contributed by atoms with Crippen molar-refractivity contribution >= 4 is 47.1 Å². The molecule has 2 aliphatic rings. The van der Waals surface area contributed by atoms with Crippen LogP contribution in [0.25, 0.3) is 17.5 Å². The average Bonchev–Trinajstić information content (AvgIpc) is 3.60. The lowest BCUT2D eigenvalue weighted by Gasteiger charge is -2.22. The molecule has 0 radical (unpaired) electrons. The Morgan fingerprint density at radius 3 is 1.54 bits per heavy atom. The number of imide groups is 1. The summed E-state index contributed by atoms with van der Waals surface area (Å²) in [6.45, 7) is 13.7. The van der Waals surface area contributed by atoms with Gasteiger partial charge in [-0.1, -0.05) is 13.8 Å². The van der Waals surface area contributed by atoms with E-state index >= 15 is 0 Å². The Kier molecular flexibility index (Phi) is 31.2. The number of carbonyl (C=O) groups is 5. The molecule has 2 aliphatic heterocycles. The molecule has 24 heteroatoms. The molecule has 0 aromatic carbocycles. The van der Waals surface area contributed by atoms with Gasteiger partial charge in [-0.05, 0) is 25.0 Å². The first-order valence-electron chi connectivity index (χ1n) is 25.2. The van der Waals surface area contributed by atoms with Gasteiger partial charge in [0.05, 0.1) is 144 Å². The highest BCUT2D eigenvalue weighted by Crippen LogP contribution is 2.29. The summed E-state index contributed by atoms with van der Waals surface area (Å²) in [5, 5.41) is 5.44. The predicted octanol–water partition coefficient (Wildman–Crippen LogP) is 1.18. The summed E-state index contributed by atoms with van der Waals surface area (Å²) in [4.78, 5) is 81.2. The number of nitrogens with two attached hydrogens (primary N) is 1. The lowest BCUT2D eigenvalue weighted by atomic mass is 10.1. The highest BCUT2D eigenvalue weighted by Gasteiger charge is 2.25. The minimum absolute atomic E-state index is 0.0501. The van der Waals surface area contributed by atoms with E-state index in [4.69, 9.17) is 53.1 Å². The fourth-order valence-corrected chi connectivity index (χ4v) is 6.77. The highest BCUT2D eigenvalue weighted by molar-refractivity contribution is 6.14. The molecule has 2 aromatic heterocycles. The molecule has 5 amide bonds. The number of pyridine rings is 1. The van der Waals surface area contributed by atoms with Crippen LogP contribution in [0.2, 0.25) is 0 Å². The van der Waals surface area contributed by atoms with E-state index in [1.807, 2.05) is 18.7 Å². The molecule has 0 saturated heterocycles. The van der Waals surface area contributed by atoms with Crippen LogP contribution in [0.4, 0.5) is 5.69 Å². The van der Waals surface area contributed by atoms with Gasteiger partial charge in [-0.3, -0.25) is 33.9 Å². The minimum Gasteiger partial charge on any atom is -0.387 e. The number of amidine groups is 1. The van der Waals surface area contributed by atoms with Crippen LogP contribution in [-0.2, 0) is 77.9 Å². The summed E-state index contributed by atoms with van der Waals surface area (Å²) in [5.41, 5.74) is 9.27. The highest BCUT2D eigenvalue weighted by atomic mass is 16.6. The van der Waals surface area contributed by atoms with Crippen LogP contribution in [0.5, 0.6) is 0 Å². The van der Waals surface area contributed by atoms with Crippen molar-refractivity contribution in [1.29, 1.82) is 0 Å². The number of fused-ring (bicyclic) bond motifs is 1. The molecule has 4 rings (SSSR count). The second kappa shape index (κ2) is 38.0. The molecule has 0 fully saturated rings. The van der Waals surface area contributed by atoms with E-state index in [2.05, 4.69) is 30.6 Å². The molecule has 74 heavy (non-hydrogen) atoms. The molecule has 24 nitrogen and oxygen atoms in total. The topological polar surface area (TPSA) is 285 Å². The normalized spacial score (nSPS) is 13.2. The summed E-state index contributed by atoms with van der Waals surface area (Å²) in [6.07, 6.45) is 11.1. The number of carbonyl (C=O) groups excluding carboxylic acids is 5. The van der Waals surface area contributed by atoms with E-state index in [0.717, 1.165) is 35.5 Å². The molecule has 0 unspecified atom stereocenters. The Balaban J connectivity index is 0.848. The number of amides is 5. The van der Waals surface area contributed by atoms with E-state index in [-0.39, 0.29) is 57.5 Å². The zero-order chi connectivity index (χ0) is 52.9. The molecule has 0 saturated carbocycles. The molecule has 410 valence electrons. The fourth-order valence-electron chi connectivity index (χ4n) is 6.77. The molecular formula is C50H75N9O15. The number of aromatic nitrogens is 3. The summed E-state index contributed by atoms with van der Waals surface area (Å²) in [6, 6.07) is 1.80. The van der Waals surface area contributed by atoms with Gasteiger partial charge in [0.2, 0.25) is 17.7 Å². The van der Waals surface area contributed by atoms with Crippen molar-refractivity contribution in [2.24, 2.45) is 10.7 Å². The Morgan fingerprint density at radius 1 is 0.608 bits per heavy atom. The van der Waals surface area contributed by atoms with Gasteiger partial charge >= 0.3 is 0 Å². The van der Waals surface area contributed by atoms with Gasteiger partial charge in [-0.15, -0.1) is 0 Å². The Labute approximate surface area is 433 Å². The van der Waals surface area contributed by atoms with Crippen molar-refractivity contribution in [2.75, 3.05) is 158 Å². The van der Waals surface area contributed by atoms with Crippen molar-refractivity contribution in [3.05, 3.63) is 53.6 Å². The van der Waals surface area contributed by atoms with Gasteiger partial charge in [-0.25, -0.2) is 15.0 Å². The maximum atomic E-state index is 13.3. The number of nitrogens with one attached hydrogen (secondary N) is 2. The molecule has 4 N–H and O–H groups in total. The van der Waals surface area contributed by atoms with Crippen molar-refractivity contribution in [2.45, 2.75) is 46.1 Å². The zero-order valence-corrected chi connectivity index (χ0v) is 42.9. The quantitative estimate of drug-likeness (QED) is 0.0621. The van der Waals surface area contributed by atoms with Crippen molar-refractivity contribution in [3.8, 4) is 11.4 Å². The number of hydrogen-bond donors (Lipinski definition) is 3. The van der Waals surface area contributed by atoms with Crippen LogP contribution in [0.3, 0.4) is 0 Å². The number of nitrogens with zero attached hydrogens (tertiary/aromatic N) is 6. The van der Waals surface area contributed by atoms with E-state index in [9.17, 15) is 24.0 Å². The first-order valence-corrected chi connectivity index (χ1v) is 25.2. The summed E-state index contributed by atoms with van der Waals surface area (Å²) < 4.78 is 54.8. The van der Waals surface area contributed by atoms with E-state index < -0.39 is 17.7 Å². The Bertz CT molecular complexity index is 2050. The van der Waals surface area contributed by atoms with Gasteiger partial charge in [-0.2, -0.15) is 0 Å². The number of aliphatic imine (C=N–C) groups is 1. The Hall–Kier alpha value is -5.67. The predicted molar refractivity (Wildman–Crippen MR) is 270 cm³/mol. The van der Waals surface area contributed by atoms with Crippen molar-refractivity contribution < 1.29 is 71.3 Å². The van der Waals surface area contributed by atoms with E-state index in [1.165, 1.54) is 0 Å². The third-order valence-electron chi connectivity index (χ3n) is 10.4. The number of hydrogen-bond acceptors (Lipinski definition) is 20. The van der Waals surface area contributed by atoms with E-state index in [0.29, 0.717) is 166 Å². The van der Waals surface area contributed by atoms with Crippen LogP contribution >= 0.6 is 0 Å². The second-order valence-corrected chi connectivity index (χ2v) is 16.4. The standard InChI is InChI=1S/C50H75N9O15/c1-3-9-58(10-4-2)50(64)40-31-42-43(57-44(51)33-40)32-41(37-53-42)49-55-35-39(36-56-49)34-54-45(60)7-11-65-13-15-67-17-19-69-21-23-71-25-27-73-29-30-74-28-26-72-24-22-70-20-18-68-16-14-66-12-8-52-46(61)38-59-47(62)5-6-48(59)63/h5-6,31-32,35-37H,3-4,7-30,33-34,38H2,1-2H3,(H2,51,57)(H,52,61)(H,54,60). The molecule has 2 aromatic rings. The van der Waals surface area contributed by atoms with Gasteiger partial charge < -0.3 is 68.6 Å². The van der Waals surface area contributed by atoms with Gasteiger partial charge in [0.1, 0.15) is 12.4 Å².